The average Bonchev–Trinajstić information content (AvgIpc) is 2.67. The van der Waals surface area contributed by atoms with Crippen LogP contribution in [0.2, 0.25) is 0 Å². The van der Waals surface area contributed by atoms with Gasteiger partial charge in [-0.15, -0.1) is 0 Å². The van der Waals surface area contributed by atoms with Crippen molar-refractivity contribution >= 4 is 12.3 Å². The highest BCUT2D eigenvalue weighted by molar-refractivity contribution is 5.79. The molecule has 2 aromatic rings. The Balaban J connectivity index is 1.49. The fraction of sp³-hybridized carbons (Fsp3) is 0.318. The second-order valence-corrected chi connectivity index (χ2v) is 6.38. The molecule has 24 heavy (non-hydrogen) atoms. The lowest BCUT2D eigenvalue weighted by Crippen LogP contribution is -2.04. The van der Waals surface area contributed by atoms with E-state index in [-0.39, 0.29) is 0 Å². The maximum Gasteiger partial charge on any atom is 0.142 e. The molecule has 1 radical (unpaired) electrons. The SMILES string of the molecule is C=Cc1ccc(CO/N=[C]\c2ccc(C3CCCCC3)cc2)cc1. The zero-order valence-electron chi connectivity index (χ0n) is 14.1. The molecule has 1 fully saturated rings. The first kappa shape index (κ1) is 16.5. The molecule has 0 atom stereocenters. The van der Waals surface area contributed by atoms with Crippen molar-refractivity contribution in [1.29, 1.82) is 0 Å². The van der Waals surface area contributed by atoms with Crippen molar-refractivity contribution < 1.29 is 4.84 Å². The lowest BCUT2D eigenvalue weighted by molar-refractivity contribution is 0.132. The topological polar surface area (TPSA) is 21.6 Å². The Morgan fingerprint density at radius 3 is 2.38 bits per heavy atom. The van der Waals surface area contributed by atoms with Gasteiger partial charge in [0.15, 0.2) is 0 Å². The van der Waals surface area contributed by atoms with Crippen LogP contribution in [0.25, 0.3) is 6.08 Å². The van der Waals surface area contributed by atoms with Crippen LogP contribution in [-0.2, 0) is 11.4 Å². The molecular weight excluding hydrogens is 294 g/mol. The van der Waals surface area contributed by atoms with E-state index in [0.29, 0.717) is 6.61 Å². The van der Waals surface area contributed by atoms with Crippen LogP contribution in [0.15, 0.2) is 60.3 Å². The highest BCUT2D eigenvalue weighted by atomic mass is 16.6. The molecule has 2 nitrogen and oxygen atoms in total. The Hall–Kier alpha value is -2.35. The molecule has 1 aliphatic carbocycles. The van der Waals surface area contributed by atoms with Crippen LogP contribution in [-0.4, -0.2) is 6.21 Å². The van der Waals surface area contributed by atoms with E-state index in [4.69, 9.17) is 4.84 Å². The van der Waals surface area contributed by atoms with Crippen LogP contribution in [0.5, 0.6) is 0 Å². The normalized spacial score (nSPS) is 15.5. The molecule has 0 unspecified atom stereocenters. The standard InChI is InChI=1S/C22H24NO/c1-2-18-8-10-20(11-9-18)17-24-23-16-19-12-14-22(15-13-19)21-6-4-3-5-7-21/h2,8-15,21H,1,3-7,17H2. The summed E-state index contributed by atoms with van der Waals surface area (Å²) in [6.45, 7) is 4.19. The van der Waals surface area contributed by atoms with Crippen molar-refractivity contribution in [3.8, 4) is 0 Å². The van der Waals surface area contributed by atoms with E-state index in [2.05, 4.69) is 42.2 Å². The van der Waals surface area contributed by atoms with E-state index in [0.717, 1.165) is 22.6 Å². The summed E-state index contributed by atoms with van der Waals surface area (Å²) in [6, 6.07) is 16.7. The van der Waals surface area contributed by atoms with E-state index in [1.54, 1.807) is 0 Å². The summed E-state index contributed by atoms with van der Waals surface area (Å²) in [6.07, 6.45) is 11.5. The molecule has 0 bridgehead atoms. The second kappa shape index (κ2) is 8.49. The second-order valence-electron chi connectivity index (χ2n) is 6.38. The summed E-state index contributed by atoms with van der Waals surface area (Å²) < 4.78 is 0. The van der Waals surface area contributed by atoms with Crippen LogP contribution in [0.3, 0.4) is 0 Å². The van der Waals surface area contributed by atoms with Gasteiger partial charge in [0, 0.05) is 5.56 Å². The smallest absolute Gasteiger partial charge is 0.142 e. The zero-order chi connectivity index (χ0) is 16.6. The van der Waals surface area contributed by atoms with E-state index in [1.807, 2.05) is 30.3 Å². The van der Waals surface area contributed by atoms with Gasteiger partial charge in [0.05, 0.1) is 0 Å². The highest BCUT2D eigenvalue weighted by Crippen LogP contribution is 2.32. The molecule has 0 saturated heterocycles. The van der Waals surface area contributed by atoms with Crippen molar-refractivity contribution in [3.05, 3.63) is 77.4 Å². The minimum absolute atomic E-state index is 0.449. The van der Waals surface area contributed by atoms with E-state index < -0.39 is 0 Å². The van der Waals surface area contributed by atoms with Crippen LogP contribution in [0.1, 0.15) is 60.3 Å². The van der Waals surface area contributed by atoms with E-state index in [1.165, 1.54) is 37.7 Å². The summed E-state index contributed by atoms with van der Waals surface area (Å²) in [5.74, 6) is 0.736. The van der Waals surface area contributed by atoms with Gasteiger partial charge >= 0.3 is 0 Å². The molecule has 1 saturated carbocycles. The minimum Gasteiger partial charge on any atom is -0.390 e. The van der Waals surface area contributed by atoms with Crippen molar-refractivity contribution in [2.24, 2.45) is 5.16 Å². The zero-order valence-corrected chi connectivity index (χ0v) is 14.1. The monoisotopic (exact) mass is 318 g/mol. The number of hydrogen-bond donors (Lipinski definition) is 0. The fourth-order valence-corrected chi connectivity index (χ4v) is 3.21. The van der Waals surface area contributed by atoms with Crippen LogP contribution in [0, 0.1) is 0 Å². The van der Waals surface area contributed by atoms with Crippen LogP contribution >= 0.6 is 0 Å². The molecule has 2 heteroatoms. The number of benzene rings is 2. The Labute approximate surface area is 144 Å². The Kier molecular flexibility index (Phi) is 5.84. The molecule has 2 aromatic carbocycles. The van der Waals surface area contributed by atoms with Gasteiger partial charge in [-0.1, -0.05) is 85.6 Å². The Morgan fingerprint density at radius 1 is 1.00 bits per heavy atom. The van der Waals surface area contributed by atoms with E-state index >= 15 is 0 Å². The van der Waals surface area contributed by atoms with Gasteiger partial charge in [0.1, 0.15) is 12.8 Å². The molecular formula is C22H24NO. The van der Waals surface area contributed by atoms with Gasteiger partial charge in [-0.2, -0.15) is 0 Å². The molecule has 123 valence electrons. The minimum atomic E-state index is 0.449. The van der Waals surface area contributed by atoms with Gasteiger partial charge in [-0.25, -0.2) is 0 Å². The summed E-state index contributed by atoms with van der Waals surface area (Å²) in [5, 5.41) is 3.95. The summed E-state index contributed by atoms with van der Waals surface area (Å²) >= 11 is 0. The molecule has 0 heterocycles. The Morgan fingerprint density at radius 2 is 1.71 bits per heavy atom. The summed E-state index contributed by atoms with van der Waals surface area (Å²) in [4.78, 5) is 5.33. The van der Waals surface area contributed by atoms with Crippen LogP contribution in [0.4, 0.5) is 0 Å². The molecule has 0 aromatic heterocycles. The first-order chi connectivity index (χ1) is 11.8. The van der Waals surface area contributed by atoms with Gasteiger partial charge < -0.3 is 4.84 Å². The lowest BCUT2D eigenvalue weighted by atomic mass is 9.84. The largest absolute Gasteiger partial charge is 0.390 e. The summed E-state index contributed by atoms with van der Waals surface area (Å²) in [7, 11) is 0. The van der Waals surface area contributed by atoms with Crippen molar-refractivity contribution in [3.63, 3.8) is 0 Å². The fourth-order valence-electron chi connectivity index (χ4n) is 3.21. The number of nitrogens with zero attached hydrogens (tertiary/aromatic N) is 1. The third kappa shape index (κ3) is 4.58. The number of hydrogen-bond acceptors (Lipinski definition) is 2. The summed E-state index contributed by atoms with van der Waals surface area (Å²) in [5.41, 5.74) is 4.59. The first-order valence-corrected chi connectivity index (χ1v) is 8.74. The first-order valence-electron chi connectivity index (χ1n) is 8.74. The van der Waals surface area contributed by atoms with Crippen molar-refractivity contribution in [1.82, 2.24) is 0 Å². The van der Waals surface area contributed by atoms with Gasteiger partial charge in [0.2, 0.25) is 0 Å². The maximum atomic E-state index is 5.33. The third-order valence-electron chi connectivity index (χ3n) is 4.67. The average molecular weight is 318 g/mol. The van der Waals surface area contributed by atoms with E-state index in [9.17, 15) is 0 Å². The predicted molar refractivity (Wildman–Crippen MR) is 100 cm³/mol. The van der Waals surface area contributed by atoms with Crippen LogP contribution < -0.4 is 0 Å². The molecule has 3 rings (SSSR count). The predicted octanol–water partition coefficient (Wildman–Crippen LogP) is 5.81. The third-order valence-corrected chi connectivity index (χ3v) is 4.67. The van der Waals surface area contributed by atoms with Crippen molar-refractivity contribution in [2.45, 2.75) is 44.6 Å². The number of rotatable bonds is 6. The molecule has 0 amide bonds. The molecule has 1 aliphatic rings. The highest BCUT2D eigenvalue weighted by Gasteiger charge is 2.14. The van der Waals surface area contributed by atoms with Gasteiger partial charge in [-0.05, 0) is 35.4 Å². The van der Waals surface area contributed by atoms with Gasteiger partial charge in [-0.3, -0.25) is 0 Å². The maximum absolute atomic E-state index is 5.33. The lowest BCUT2D eigenvalue weighted by Gasteiger charge is -2.21. The molecule has 0 aliphatic heterocycles. The Bertz CT molecular complexity index is 664. The molecule has 0 spiro atoms. The molecule has 0 N–H and O–H groups in total. The van der Waals surface area contributed by atoms with Crippen molar-refractivity contribution in [2.75, 3.05) is 0 Å². The van der Waals surface area contributed by atoms with Gasteiger partial charge in [0.25, 0.3) is 0 Å². The quantitative estimate of drug-likeness (QED) is 0.487.